The molecule has 1 spiro atoms. The number of nitrogens with two attached hydrogens (primary N) is 1. The van der Waals surface area contributed by atoms with E-state index in [4.69, 9.17) is 5.73 Å². The van der Waals surface area contributed by atoms with Crippen LogP contribution in [0.5, 0.6) is 0 Å². The maximum Gasteiger partial charge on any atom is 0.228 e. The van der Waals surface area contributed by atoms with Gasteiger partial charge in [-0.1, -0.05) is 30.3 Å². The molecule has 0 aliphatic heterocycles. The molecule has 1 saturated carbocycles. The Labute approximate surface area is 149 Å². The average Bonchev–Trinajstić information content (AvgIpc) is 3.26. The van der Waals surface area contributed by atoms with Crippen LogP contribution in [0.15, 0.2) is 42.5 Å². The number of nitrogen functional groups attached to an aromatic ring is 1. The van der Waals surface area contributed by atoms with E-state index in [9.17, 15) is 4.79 Å². The molecular formula is C20H23ClN2O. The van der Waals surface area contributed by atoms with Crippen LogP contribution < -0.4 is 11.1 Å². The van der Waals surface area contributed by atoms with E-state index in [1.54, 1.807) is 0 Å². The van der Waals surface area contributed by atoms with Gasteiger partial charge in [0.05, 0.1) is 0 Å². The largest absolute Gasteiger partial charge is 0.399 e. The van der Waals surface area contributed by atoms with E-state index in [-0.39, 0.29) is 29.6 Å². The molecule has 1 amide bonds. The van der Waals surface area contributed by atoms with Gasteiger partial charge in [0.1, 0.15) is 0 Å². The summed E-state index contributed by atoms with van der Waals surface area (Å²) in [4.78, 5) is 12.8. The second kappa shape index (κ2) is 6.14. The summed E-state index contributed by atoms with van der Waals surface area (Å²) in [5, 5.41) is 3.10. The van der Waals surface area contributed by atoms with E-state index in [0.29, 0.717) is 5.69 Å². The highest BCUT2D eigenvalue weighted by Gasteiger charge is 2.60. The number of rotatable bonds is 2. The first-order valence-corrected chi connectivity index (χ1v) is 8.35. The van der Waals surface area contributed by atoms with Crippen LogP contribution in [-0.2, 0) is 16.6 Å². The fourth-order valence-electron chi connectivity index (χ4n) is 4.17. The van der Waals surface area contributed by atoms with Crippen LogP contribution in [0.2, 0.25) is 0 Å². The third-order valence-electron chi connectivity index (χ3n) is 5.53. The Kier molecular flexibility index (Phi) is 4.31. The van der Waals surface area contributed by atoms with Crippen LogP contribution in [0.1, 0.15) is 36.0 Å². The Bertz CT molecular complexity index is 789. The number of halogens is 1. The third kappa shape index (κ3) is 2.67. The summed E-state index contributed by atoms with van der Waals surface area (Å²) in [6.07, 6.45) is 4.41. The topological polar surface area (TPSA) is 55.1 Å². The van der Waals surface area contributed by atoms with Crippen molar-refractivity contribution in [3.05, 3.63) is 59.2 Å². The summed E-state index contributed by atoms with van der Waals surface area (Å²) in [5.74, 6) is 0.222. The van der Waals surface area contributed by atoms with Gasteiger partial charge in [-0.2, -0.15) is 0 Å². The minimum absolute atomic E-state index is 0. The molecular weight excluding hydrogens is 320 g/mol. The predicted molar refractivity (Wildman–Crippen MR) is 101 cm³/mol. The molecule has 4 heteroatoms. The lowest BCUT2D eigenvalue weighted by Crippen LogP contribution is -2.25. The monoisotopic (exact) mass is 342 g/mol. The molecule has 4 rings (SSSR count). The molecule has 1 fully saturated rings. The maximum atomic E-state index is 12.8. The molecule has 2 atom stereocenters. The number of carbonyl (C=O) groups excluding carboxylic acids is 1. The number of aryl methyl sites for hydroxylation is 2. The Hall–Kier alpha value is -2.00. The zero-order chi connectivity index (χ0) is 16.0. The first kappa shape index (κ1) is 16.8. The van der Waals surface area contributed by atoms with Gasteiger partial charge >= 0.3 is 0 Å². The van der Waals surface area contributed by atoms with E-state index in [0.717, 1.165) is 30.5 Å². The van der Waals surface area contributed by atoms with Gasteiger partial charge in [0, 0.05) is 22.7 Å². The minimum Gasteiger partial charge on any atom is -0.399 e. The molecule has 2 aromatic carbocycles. The van der Waals surface area contributed by atoms with Crippen LogP contribution >= 0.6 is 12.4 Å². The number of hydrogen-bond donors (Lipinski definition) is 2. The Morgan fingerprint density at radius 1 is 1.25 bits per heavy atom. The summed E-state index contributed by atoms with van der Waals surface area (Å²) < 4.78 is 0. The molecule has 0 saturated heterocycles. The standard InChI is InChI=1S/C20H22N2O.ClH/c1-13-8-9-15(21)11-18(13)22-19(23)17-12-20(17)10-4-6-14-5-2-3-7-16(14)20;/h2-3,5,7-9,11,17H,4,6,10,12,21H2,1H3,(H,22,23);1H. The van der Waals surface area contributed by atoms with Gasteiger partial charge in [-0.25, -0.2) is 0 Å². The van der Waals surface area contributed by atoms with Crippen LogP contribution in [0.25, 0.3) is 0 Å². The number of nitrogens with one attached hydrogen (secondary N) is 1. The molecule has 2 unspecified atom stereocenters. The van der Waals surface area contributed by atoms with E-state index >= 15 is 0 Å². The van der Waals surface area contributed by atoms with Crippen molar-refractivity contribution in [1.29, 1.82) is 0 Å². The zero-order valence-electron chi connectivity index (χ0n) is 13.8. The lowest BCUT2D eigenvalue weighted by Gasteiger charge is -2.26. The number of fused-ring (bicyclic) bond motifs is 2. The van der Waals surface area contributed by atoms with Crippen LogP contribution in [0.4, 0.5) is 11.4 Å². The molecule has 3 nitrogen and oxygen atoms in total. The summed E-state index contributed by atoms with van der Waals surface area (Å²) in [6, 6.07) is 14.3. The number of benzene rings is 2. The van der Waals surface area contributed by atoms with Crippen molar-refractivity contribution in [1.82, 2.24) is 0 Å². The summed E-state index contributed by atoms with van der Waals surface area (Å²) >= 11 is 0. The quantitative estimate of drug-likeness (QED) is 0.802. The molecule has 126 valence electrons. The van der Waals surface area contributed by atoms with Gasteiger partial charge in [0.2, 0.25) is 5.91 Å². The average molecular weight is 343 g/mol. The molecule has 3 N–H and O–H groups in total. The second-order valence-corrected chi connectivity index (χ2v) is 6.99. The summed E-state index contributed by atoms with van der Waals surface area (Å²) in [7, 11) is 0. The molecule has 24 heavy (non-hydrogen) atoms. The highest BCUT2D eigenvalue weighted by atomic mass is 35.5. The Balaban J connectivity index is 0.00000169. The highest BCUT2D eigenvalue weighted by Crippen LogP contribution is 2.60. The first-order chi connectivity index (χ1) is 11.1. The van der Waals surface area contributed by atoms with Crippen molar-refractivity contribution in [2.75, 3.05) is 11.1 Å². The third-order valence-corrected chi connectivity index (χ3v) is 5.53. The number of carbonyl (C=O) groups is 1. The van der Waals surface area contributed by atoms with Gasteiger partial charge in [0.15, 0.2) is 0 Å². The van der Waals surface area contributed by atoms with E-state index < -0.39 is 0 Å². The fraction of sp³-hybridized carbons (Fsp3) is 0.350. The van der Waals surface area contributed by atoms with Crippen molar-refractivity contribution < 1.29 is 4.79 Å². The first-order valence-electron chi connectivity index (χ1n) is 8.35. The minimum atomic E-state index is 0. The second-order valence-electron chi connectivity index (χ2n) is 6.99. The number of hydrogen-bond acceptors (Lipinski definition) is 2. The highest BCUT2D eigenvalue weighted by molar-refractivity contribution is 5.97. The fourth-order valence-corrected chi connectivity index (χ4v) is 4.17. The van der Waals surface area contributed by atoms with Crippen molar-refractivity contribution in [2.24, 2.45) is 5.92 Å². The smallest absolute Gasteiger partial charge is 0.228 e. The van der Waals surface area contributed by atoms with E-state index in [1.807, 2.05) is 25.1 Å². The van der Waals surface area contributed by atoms with Crippen molar-refractivity contribution in [2.45, 2.75) is 38.0 Å². The van der Waals surface area contributed by atoms with Crippen molar-refractivity contribution in [3.63, 3.8) is 0 Å². The lowest BCUT2D eigenvalue weighted by atomic mass is 9.78. The molecule has 2 aromatic rings. The summed E-state index contributed by atoms with van der Waals surface area (Å²) in [6.45, 7) is 1.99. The number of amides is 1. The number of anilines is 2. The van der Waals surface area contributed by atoms with Crippen LogP contribution in [-0.4, -0.2) is 5.91 Å². The lowest BCUT2D eigenvalue weighted by molar-refractivity contribution is -0.117. The van der Waals surface area contributed by atoms with Crippen molar-refractivity contribution >= 4 is 29.7 Å². The van der Waals surface area contributed by atoms with E-state index in [2.05, 4.69) is 29.6 Å². The van der Waals surface area contributed by atoms with E-state index in [1.165, 1.54) is 17.5 Å². The van der Waals surface area contributed by atoms with Gasteiger partial charge in [-0.15, -0.1) is 12.4 Å². The molecule has 0 aromatic heterocycles. The zero-order valence-corrected chi connectivity index (χ0v) is 14.7. The maximum absolute atomic E-state index is 12.8. The van der Waals surface area contributed by atoms with Crippen LogP contribution in [0.3, 0.4) is 0 Å². The molecule has 0 radical (unpaired) electrons. The van der Waals surface area contributed by atoms with Gasteiger partial charge in [-0.3, -0.25) is 4.79 Å². The molecule has 2 aliphatic rings. The van der Waals surface area contributed by atoms with Crippen LogP contribution in [0, 0.1) is 12.8 Å². The van der Waals surface area contributed by atoms with Crippen molar-refractivity contribution in [3.8, 4) is 0 Å². The predicted octanol–water partition coefficient (Wildman–Crippen LogP) is 4.23. The SMILES string of the molecule is Cc1ccc(N)cc1NC(=O)C1CC12CCCc1ccccc12.Cl. The summed E-state index contributed by atoms with van der Waals surface area (Å²) in [5.41, 5.74) is 11.3. The normalized spacial score (nSPS) is 24.0. The Morgan fingerprint density at radius 2 is 2.04 bits per heavy atom. The Morgan fingerprint density at radius 3 is 2.88 bits per heavy atom. The molecule has 0 bridgehead atoms. The van der Waals surface area contributed by atoms with Gasteiger partial charge < -0.3 is 11.1 Å². The van der Waals surface area contributed by atoms with Gasteiger partial charge in [-0.05, 0) is 61.4 Å². The van der Waals surface area contributed by atoms with Gasteiger partial charge in [0.25, 0.3) is 0 Å². The molecule has 2 aliphatic carbocycles. The molecule has 0 heterocycles.